The summed E-state index contributed by atoms with van der Waals surface area (Å²) in [5.74, 6) is 0.505. The van der Waals surface area contributed by atoms with Crippen LogP contribution in [0.15, 0.2) is 65.1 Å². The van der Waals surface area contributed by atoms with E-state index < -0.39 is 17.9 Å². The fourth-order valence-electron chi connectivity index (χ4n) is 5.62. The van der Waals surface area contributed by atoms with Crippen LogP contribution in [0.3, 0.4) is 0 Å². The Bertz CT molecular complexity index is 1160. The summed E-state index contributed by atoms with van der Waals surface area (Å²) in [6.07, 6.45) is 6.25. The molecule has 36 heavy (non-hydrogen) atoms. The first-order chi connectivity index (χ1) is 17.7. The van der Waals surface area contributed by atoms with Crippen LogP contribution in [0.1, 0.15) is 86.2 Å². The van der Waals surface area contributed by atoms with Crippen molar-refractivity contribution in [2.24, 2.45) is 0 Å². The number of benzene rings is 2. The molecule has 7 heteroatoms. The fourth-order valence-corrected chi connectivity index (χ4v) is 5.62. The second-order valence-corrected chi connectivity index (χ2v) is 9.84. The molecule has 1 aliphatic carbocycles. The molecule has 2 fully saturated rings. The average molecular weight is 487 g/mol. The molecule has 0 radical (unpaired) electrons. The van der Waals surface area contributed by atoms with E-state index in [1.165, 1.54) is 12.0 Å². The zero-order chi connectivity index (χ0) is 24.9. The Labute approximate surface area is 212 Å². The van der Waals surface area contributed by atoms with Gasteiger partial charge in [0.1, 0.15) is 6.04 Å². The lowest BCUT2D eigenvalue weighted by Crippen LogP contribution is -2.55. The number of aromatic nitrogens is 2. The quantitative estimate of drug-likeness (QED) is 0.415. The summed E-state index contributed by atoms with van der Waals surface area (Å²) in [5, 5.41) is 8.97. The van der Waals surface area contributed by atoms with Crippen molar-refractivity contribution in [3.05, 3.63) is 83.6 Å². The number of rotatable bonds is 8. The van der Waals surface area contributed by atoms with Gasteiger partial charge in [0.25, 0.3) is 0 Å². The Morgan fingerprint density at radius 2 is 1.58 bits per heavy atom. The predicted octanol–water partition coefficient (Wildman–Crippen LogP) is 5.07. The molecule has 1 aromatic heterocycles. The molecule has 1 saturated heterocycles. The summed E-state index contributed by atoms with van der Waals surface area (Å²) in [6, 6.07) is 19.6. The topological polar surface area (TPSA) is 79.5 Å². The molecule has 0 N–H and O–H groups in total. The third-order valence-corrected chi connectivity index (χ3v) is 7.55. The van der Waals surface area contributed by atoms with Gasteiger partial charge in [-0.25, -0.2) is 0 Å². The van der Waals surface area contributed by atoms with E-state index in [0.29, 0.717) is 37.3 Å². The molecule has 3 aromatic rings. The van der Waals surface area contributed by atoms with Crippen molar-refractivity contribution in [3.63, 3.8) is 0 Å². The second-order valence-electron chi connectivity index (χ2n) is 9.84. The average Bonchev–Trinajstić information content (AvgIpc) is 3.41. The van der Waals surface area contributed by atoms with Crippen LogP contribution in [0.5, 0.6) is 0 Å². The van der Waals surface area contributed by atoms with E-state index in [1.807, 2.05) is 36.4 Å². The number of carbonyl (C=O) groups is 2. The molecule has 1 aliphatic heterocycles. The summed E-state index contributed by atoms with van der Waals surface area (Å²) >= 11 is 0. The lowest BCUT2D eigenvalue weighted by Gasteiger charge is -2.37. The van der Waals surface area contributed by atoms with Gasteiger partial charge in [0, 0.05) is 25.6 Å². The Balaban J connectivity index is 1.45. The number of carbonyl (C=O) groups excluding carboxylic acids is 2. The van der Waals surface area contributed by atoms with Gasteiger partial charge in [-0.15, -0.1) is 10.2 Å². The number of hydrogen-bond donors (Lipinski definition) is 0. The van der Waals surface area contributed by atoms with Crippen molar-refractivity contribution < 1.29 is 14.0 Å². The highest BCUT2D eigenvalue weighted by Gasteiger charge is 2.40. The van der Waals surface area contributed by atoms with Crippen LogP contribution in [0.4, 0.5) is 0 Å². The third-order valence-electron chi connectivity index (χ3n) is 7.55. The standard InChI is InChI=1S/C29H34N4O3/c1-2-3-18-32-19-20-33(29(35)28(32)34)25(22-14-8-5-9-15-22)27-31-30-26(36-27)24-17-11-10-16-23(24)21-12-6-4-7-13-21/h4-9,12-15,23-25H,2-3,10-11,16-20H2,1H3. The largest absolute Gasteiger partial charge is 0.422 e. The monoisotopic (exact) mass is 486 g/mol. The summed E-state index contributed by atoms with van der Waals surface area (Å²) in [4.78, 5) is 29.5. The molecule has 5 rings (SSSR count). The van der Waals surface area contributed by atoms with Crippen molar-refractivity contribution in [2.45, 2.75) is 63.3 Å². The van der Waals surface area contributed by atoms with Crippen molar-refractivity contribution >= 4 is 11.8 Å². The molecule has 0 bridgehead atoms. The molecule has 1 saturated carbocycles. The maximum Gasteiger partial charge on any atom is 0.313 e. The molecular weight excluding hydrogens is 452 g/mol. The highest BCUT2D eigenvalue weighted by atomic mass is 16.4. The van der Waals surface area contributed by atoms with E-state index in [2.05, 4.69) is 41.4 Å². The van der Waals surface area contributed by atoms with Crippen molar-refractivity contribution in [2.75, 3.05) is 19.6 Å². The highest BCUT2D eigenvalue weighted by molar-refractivity contribution is 6.35. The first-order valence-corrected chi connectivity index (χ1v) is 13.2. The molecule has 2 heterocycles. The van der Waals surface area contributed by atoms with E-state index >= 15 is 0 Å². The van der Waals surface area contributed by atoms with Gasteiger partial charge < -0.3 is 14.2 Å². The lowest BCUT2D eigenvalue weighted by atomic mass is 9.75. The first kappa shape index (κ1) is 24.2. The number of unbranched alkanes of at least 4 members (excludes halogenated alkanes) is 1. The number of amides is 2. The summed E-state index contributed by atoms with van der Waals surface area (Å²) in [7, 11) is 0. The van der Waals surface area contributed by atoms with Gasteiger partial charge in [-0.05, 0) is 36.3 Å². The van der Waals surface area contributed by atoms with Gasteiger partial charge in [-0.2, -0.15) is 0 Å². The normalized spacial score (nSPS) is 21.6. The van der Waals surface area contributed by atoms with Gasteiger partial charge >= 0.3 is 11.8 Å². The molecule has 2 amide bonds. The van der Waals surface area contributed by atoms with Crippen LogP contribution < -0.4 is 0 Å². The number of hydrogen-bond acceptors (Lipinski definition) is 5. The van der Waals surface area contributed by atoms with Crippen LogP contribution in [-0.4, -0.2) is 51.4 Å². The van der Waals surface area contributed by atoms with E-state index in [4.69, 9.17) is 4.42 Å². The lowest BCUT2D eigenvalue weighted by molar-refractivity contribution is -0.157. The summed E-state index contributed by atoms with van der Waals surface area (Å²) in [6.45, 7) is 3.63. The SMILES string of the molecule is CCCCN1CCN(C(c2ccccc2)c2nnc(C3CCCCC3c3ccccc3)o2)C(=O)C1=O. The van der Waals surface area contributed by atoms with Crippen LogP contribution >= 0.6 is 0 Å². The van der Waals surface area contributed by atoms with Gasteiger partial charge in [0.05, 0.1) is 0 Å². The molecule has 188 valence electrons. The maximum atomic E-state index is 13.3. The molecule has 0 spiro atoms. The van der Waals surface area contributed by atoms with Crippen molar-refractivity contribution in [3.8, 4) is 0 Å². The zero-order valence-electron chi connectivity index (χ0n) is 20.9. The number of piperazine rings is 1. The molecule has 7 nitrogen and oxygen atoms in total. The van der Waals surface area contributed by atoms with Gasteiger partial charge in [-0.3, -0.25) is 9.59 Å². The van der Waals surface area contributed by atoms with Crippen molar-refractivity contribution in [1.82, 2.24) is 20.0 Å². The Hall–Kier alpha value is -3.48. The van der Waals surface area contributed by atoms with Crippen LogP contribution in [0.25, 0.3) is 0 Å². The number of nitrogens with zero attached hydrogens (tertiary/aromatic N) is 4. The summed E-state index contributed by atoms with van der Waals surface area (Å²) < 4.78 is 6.38. The minimum atomic E-state index is -0.587. The van der Waals surface area contributed by atoms with Crippen LogP contribution in [0.2, 0.25) is 0 Å². The second kappa shape index (κ2) is 11.1. The van der Waals surface area contributed by atoms with Crippen LogP contribution in [-0.2, 0) is 9.59 Å². The Kier molecular flexibility index (Phi) is 7.44. The third kappa shape index (κ3) is 4.92. The van der Waals surface area contributed by atoms with E-state index in [-0.39, 0.29) is 5.92 Å². The predicted molar refractivity (Wildman–Crippen MR) is 136 cm³/mol. The van der Waals surface area contributed by atoms with Gasteiger partial charge in [0.2, 0.25) is 11.8 Å². The highest BCUT2D eigenvalue weighted by Crippen LogP contribution is 2.44. The smallest absolute Gasteiger partial charge is 0.313 e. The minimum Gasteiger partial charge on any atom is -0.422 e. The molecule has 2 aromatic carbocycles. The van der Waals surface area contributed by atoms with Gasteiger partial charge in [0.15, 0.2) is 0 Å². The van der Waals surface area contributed by atoms with E-state index in [9.17, 15) is 9.59 Å². The Morgan fingerprint density at radius 1 is 0.889 bits per heavy atom. The summed E-state index contributed by atoms with van der Waals surface area (Å²) in [5.41, 5.74) is 2.16. The molecular formula is C29H34N4O3. The Morgan fingerprint density at radius 3 is 2.31 bits per heavy atom. The minimum absolute atomic E-state index is 0.141. The van der Waals surface area contributed by atoms with Crippen LogP contribution in [0, 0.1) is 0 Å². The fraction of sp³-hybridized carbons (Fsp3) is 0.448. The van der Waals surface area contributed by atoms with Gasteiger partial charge in [-0.1, -0.05) is 86.8 Å². The zero-order valence-corrected chi connectivity index (χ0v) is 20.9. The molecule has 2 aliphatic rings. The van der Waals surface area contributed by atoms with Crippen molar-refractivity contribution in [1.29, 1.82) is 0 Å². The van der Waals surface area contributed by atoms with E-state index in [1.54, 1.807) is 9.80 Å². The van der Waals surface area contributed by atoms with E-state index in [0.717, 1.165) is 37.7 Å². The molecule has 3 unspecified atom stereocenters. The molecule has 3 atom stereocenters. The maximum absolute atomic E-state index is 13.3. The first-order valence-electron chi connectivity index (χ1n) is 13.2.